The van der Waals surface area contributed by atoms with E-state index >= 15 is 0 Å². The number of aliphatic hydroxyl groups is 1. The van der Waals surface area contributed by atoms with Crippen LogP contribution in [-0.2, 0) is 0 Å². The van der Waals surface area contributed by atoms with E-state index in [4.69, 9.17) is 5.11 Å². The van der Waals surface area contributed by atoms with Crippen molar-refractivity contribution in [2.24, 2.45) is 0 Å². The van der Waals surface area contributed by atoms with Crippen LogP contribution in [0.4, 0.5) is 5.82 Å². The van der Waals surface area contributed by atoms with E-state index in [1.807, 2.05) is 20.0 Å². The molecular weight excluding hydrogens is 139 g/mol. The summed E-state index contributed by atoms with van der Waals surface area (Å²) >= 11 is 0. The van der Waals surface area contributed by atoms with Crippen LogP contribution in [0.25, 0.3) is 0 Å². The second-order valence-corrected chi connectivity index (χ2v) is 2.37. The molecule has 11 heavy (non-hydrogen) atoms. The molecule has 0 fully saturated rings. The number of hydrogen-bond donors (Lipinski definition) is 2. The van der Waals surface area contributed by atoms with Gasteiger partial charge in [0.2, 0.25) is 0 Å². The molecule has 0 aliphatic heterocycles. The zero-order valence-corrected chi connectivity index (χ0v) is 6.54. The molecule has 58 valence electrons. The number of nitrogens with zero attached hydrogens (tertiary/aromatic N) is 1. The zero-order valence-electron chi connectivity index (χ0n) is 6.54. The Morgan fingerprint density at radius 1 is 1.55 bits per heavy atom. The van der Waals surface area contributed by atoms with Gasteiger partial charge < -0.3 is 10.4 Å². The third-order valence-electron chi connectivity index (χ3n) is 1.33. The first-order chi connectivity index (χ1) is 5.33. The predicted octanol–water partition coefficient (Wildman–Crippen LogP) is -1.26. The summed E-state index contributed by atoms with van der Waals surface area (Å²) in [6, 6.07) is 3.87. The van der Waals surface area contributed by atoms with E-state index in [9.17, 15) is 0 Å². The van der Waals surface area contributed by atoms with Gasteiger partial charge in [0.05, 0.1) is 6.61 Å². The highest BCUT2D eigenvalue weighted by molar-refractivity contribution is 6.32. The Morgan fingerprint density at radius 3 is 2.91 bits per heavy atom. The van der Waals surface area contributed by atoms with Crippen LogP contribution in [0.5, 0.6) is 0 Å². The van der Waals surface area contributed by atoms with E-state index in [-0.39, 0.29) is 6.61 Å². The van der Waals surface area contributed by atoms with Gasteiger partial charge in [0.1, 0.15) is 13.7 Å². The highest BCUT2D eigenvalue weighted by Gasteiger charge is 1.89. The molecule has 0 amide bonds. The Hall–Kier alpha value is -1.03. The molecule has 0 aliphatic rings. The predicted molar refractivity (Wildman–Crippen MR) is 48.0 cm³/mol. The van der Waals surface area contributed by atoms with Crippen LogP contribution < -0.4 is 10.8 Å². The first-order valence-electron chi connectivity index (χ1n) is 3.60. The molecule has 4 heteroatoms. The molecule has 1 rings (SSSR count). The summed E-state index contributed by atoms with van der Waals surface area (Å²) < 4.78 is 0. The molecule has 0 saturated carbocycles. The van der Waals surface area contributed by atoms with Crippen molar-refractivity contribution in [1.82, 2.24) is 4.98 Å². The molecule has 1 aromatic rings. The fourth-order valence-electron chi connectivity index (χ4n) is 0.756. The first kappa shape index (κ1) is 8.08. The van der Waals surface area contributed by atoms with E-state index in [0.29, 0.717) is 6.54 Å². The van der Waals surface area contributed by atoms with Gasteiger partial charge in [-0.15, -0.1) is 0 Å². The van der Waals surface area contributed by atoms with Crippen LogP contribution >= 0.6 is 0 Å². The van der Waals surface area contributed by atoms with Crippen LogP contribution in [0.2, 0.25) is 0 Å². The molecule has 2 N–H and O–H groups in total. The maximum atomic E-state index is 8.49. The fraction of sp³-hybridized carbons (Fsp3) is 0.286. The van der Waals surface area contributed by atoms with E-state index in [2.05, 4.69) is 10.3 Å². The van der Waals surface area contributed by atoms with Gasteiger partial charge in [0.15, 0.2) is 0 Å². The first-order valence-corrected chi connectivity index (χ1v) is 3.60. The lowest BCUT2D eigenvalue weighted by Gasteiger charge is -2.01. The molecular formula is C7H11BN2O. The highest BCUT2D eigenvalue weighted by atomic mass is 16.3. The number of aliphatic hydroxyl groups excluding tert-OH is 1. The molecule has 0 saturated heterocycles. The van der Waals surface area contributed by atoms with Gasteiger partial charge in [0, 0.05) is 12.7 Å². The number of rotatable bonds is 3. The second-order valence-electron chi connectivity index (χ2n) is 2.37. The average molecular weight is 150 g/mol. The van der Waals surface area contributed by atoms with E-state index < -0.39 is 0 Å². The molecule has 0 atom stereocenters. The van der Waals surface area contributed by atoms with Crippen molar-refractivity contribution in [2.75, 3.05) is 18.5 Å². The molecule has 1 heterocycles. The summed E-state index contributed by atoms with van der Waals surface area (Å²) in [5, 5.41) is 11.5. The summed E-state index contributed by atoms with van der Waals surface area (Å²) in [7, 11) is 1.99. The second kappa shape index (κ2) is 3.98. The number of nitrogens with one attached hydrogen (secondary N) is 1. The third kappa shape index (κ3) is 2.59. The summed E-state index contributed by atoms with van der Waals surface area (Å²) in [5.41, 5.74) is 1.14. The van der Waals surface area contributed by atoms with Gasteiger partial charge in [-0.2, -0.15) is 0 Å². The Kier molecular flexibility index (Phi) is 2.92. The van der Waals surface area contributed by atoms with Crippen LogP contribution in [-0.4, -0.2) is 31.1 Å². The Balaban J connectivity index is 2.52. The van der Waals surface area contributed by atoms with Gasteiger partial charge in [-0.1, -0.05) is 11.5 Å². The zero-order chi connectivity index (χ0) is 8.10. The monoisotopic (exact) mass is 150 g/mol. The Bertz CT molecular complexity index is 212. The molecule has 1 aromatic heterocycles. The van der Waals surface area contributed by atoms with Crippen LogP contribution in [0, 0.1) is 0 Å². The molecule has 0 spiro atoms. The lowest BCUT2D eigenvalue weighted by atomic mass is 9.99. The summed E-state index contributed by atoms with van der Waals surface area (Å²) in [4.78, 5) is 4.09. The van der Waals surface area contributed by atoms with Gasteiger partial charge in [-0.3, -0.25) is 0 Å². The number of aromatic nitrogens is 1. The summed E-state index contributed by atoms with van der Waals surface area (Å²) in [5.74, 6) is 0.810. The summed E-state index contributed by atoms with van der Waals surface area (Å²) in [6.45, 7) is 0.686. The van der Waals surface area contributed by atoms with Crippen LogP contribution in [0.15, 0.2) is 18.3 Å². The standard InChI is InChI=1S/C7H11BN2O/c8-6-1-2-7(10-5-6)9-3-4-11/h1-2,5,11H,3-4,8H2,(H,9,10). The van der Waals surface area contributed by atoms with Crippen LogP contribution in [0.3, 0.4) is 0 Å². The van der Waals surface area contributed by atoms with Gasteiger partial charge in [-0.05, 0) is 6.07 Å². The lowest BCUT2D eigenvalue weighted by Crippen LogP contribution is -2.09. The van der Waals surface area contributed by atoms with Gasteiger partial charge in [-0.25, -0.2) is 4.98 Å². The largest absolute Gasteiger partial charge is 0.395 e. The van der Waals surface area contributed by atoms with Gasteiger partial charge in [0.25, 0.3) is 0 Å². The van der Waals surface area contributed by atoms with Crippen molar-refractivity contribution < 1.29 is 5.11 Å². The van der Waals surface area contributed by atoms with Crippen molar-refractivity contribution in [3.63, 3.8) is 0 Å². The van der Waals surface area contributed by atoms with Crippen LogP contribution in [0.1, 0.15) is 0 Å². The third-order valence-corrected chi connectivity index (χ3v) is 1.33. The fourth-order valence-corrected chi connectivity index (χ4v) is 0.756. The average Bonchev–Trinajstić information content (AvgIpc) is 2.04. The maximum absolute atomic E-state index is 8.49. The van der Waals surface area contributed by atoms with Crippen molar-refractivity contribution >= 4 is 19.1 Å². The number of anilines is 1. The van der Waals surface area contributed by atoms with E-state index in [1.165, 1.54) is 0 Å². The maximum Gasteiger partial charge on any atom is 0.141 e. The SMILES string of the molecule is Bc1ccc(NCCO)nc1. The molecule has 0 unspecified atom stereocenters. The van der Waals surface area contributed by atoms with Crippen molar-refractivity contribution in [2.45, 2.75) is 0 Å². The lowest BCUT2D eigenvalue weighted by molar-refractivity contribution is 0.311. The Labute approximate surface area is 66.9 Å². The quantitative estimate of drug-likeness (QED) is 0.529. The Morgan fingerprint density at radius 2 is 2.36 bits per heavy atom. The van der Waals surface area contributed by atoms with Gasteiger partial charge >= 0.3 is 0 Å². The topological polar surface area (TPSA) is 45.1 Å². The number of hydrogen-bond acceptors (Lipinski definition) is 3. The van der Waals surface area contributed by atoms with Crippen molar-refractivity contribution in [3.8, 4) is 0 Å². The van der Waals surface area contributed by atoms with Crippen molar-refractivity contribution in [1.29, 1.82) is 0 Å². The normalized spacial score (nSPS) is 9.55. The highest BCUT2D eigenvalue weighted by Crippen LogP contribution is 1.95. The van der Waals surface area contributed by atoms with E-state index in [1.54, 1.807) is 6.20 Å². The summed E-state index contributed by atoms with van der Waals surface area (Å²) in [6.07, 6.45) is 1.79. The molecule has 0 radical (unpaired) electrons. The molecule has 0 aliphatic carbocycles. The molecule has 0 aromatic carbocycles. The molecule has 3 nitrogen and oxygen atoms in total. The number of pyridine rings is 1. The minimum Gasteiger partial charge on any atom is -0.395 e. The van der Waals surface area contributed by atoms with E-state index in [0.717, 1.165) is 11.3 Å². The smallest absolute Gasteiger partial charge is 0.141 e. The molecule has 0 bridgehead atoms. The minimum atomic E-state index is 0.134. The van der Waals surface area contributed by atoms with Crippen molar-refractivity contribution in [3.05, 3.63) is 18.3 Å². The minimum absolute atomic E-state index is 0.134.